The molecule has 0 amide bonds. The third kappa shape index (κ3) is 11.1. The summed E-state index contributed by atoms with van der Waals surface area (Å²) in [6, 6.07) is 14.5. The van der Waals surface area contributed by atoms with E-state index < -0.39 is 10.8 Å². The highest BCUT2D eigenvalue weighted by molar-refractivity contribution is 14.1. The fourth-order valence-electron chi connectivity index (χ4n) is 4.88. The smallest absolute Gasteiger partial charge is 0.137 e. The monoisotopic (exact) mass is 745 g/mol. The molecule has 0 spiro atoms. The van der Waals surface area contributed by atoms with E-state index in [1.165, 1.54) is 82.6 Å². The van der Waals surface area contributed by atoms with Gasteiger partial charge >= 0.3 is 0 Å². The van der Waals surface area contributed by atoms with E-state index in [4.69, 9.17) is 0 Å². The lowest BCUT2D eigenvalue weighted by atomic mass is 9.92. The van der Waals surface area contributed by atoms with Gasteiger partial charge in [0.15, 0.2) is 0 Å². The summed E-state index contributed by atoms with van der Waals surface area (Å²) in [4.78, 5) is 5.94. The Hall–Kier alpha value is -0.810. The molecule has 4 nitrogen and oxygen atoms in total. The number of halogens is 2. The van der Waals surface area contributed by atoms with Crippen molar-refractivity contribution in [2.24, 2.45) is 0 Å². The van der Waals surface area contributed by atoms with E-state index in [0.29, 0.717) is 0 Å². The number of hydrogen-bond acceptors (Lipinski definition) is 3. The van der Waals surface area contributed by atoms with Crippen molar-refractivity contribution in [2.75, 3.05) is 0 Å². The van der Waals surface area contributed by atoms with E-state index in [2.05, 4.69) is 80.4 Å². The van der Waals surface area contributed by atoms with Crippen LogP contribution in [0.2, 0.25) is 0 Å². The quantitative estimate of drug-likeness (QED) is 0.0964. The Kier molecular flexibility index (Phi) is 14.7. The van der Waals surface area contributed by atoms with Crippen LogP contribution in [0.1, 0.15) is 102 Å². The van der Waals surface area contributed by atoms with Crippen LogP contribution in [0.4, 0.5) is 0 Å². The summed E-state index contributed by atoms with van der Waals surface area (Å²) in [6.07, 6.45) is 20.6. The van der Waals surface area contributed by atoms with Crippen molar-refractivity contribution in [1.29, 1.82) is 0 Å². The van der Waals surface area contributed by atoms with E-state index in [0.717, 1.165) is 29.9 Å². The summed E-state index contributed by atoms with van der Waals surface area (Å²) in [5.41, 5.74) is 1.17. The normalized spacial score (nSPS) is 13.1. The zero-order chi connectivity index (χ0) is 26.3. The minimum atomic E-state index is -1.22. The second kappa shape index (κ2) is 17.7. The Morgan fingerprint density at radius 1 is 0.838 bits per heavy atom. The average Bonchev–Trinajstić information content (AvgIpc) is 3.41. The minimum Gasteiger partial charge on any atom is -0.252 e. The average molecular weight is 746 g/mol. The Morgan fingerprint density at radius 3 is 2.03 bits per heavy atom. The maximum Gasteiger partial charge on any atom is 0.137 e. The molecule has 0 fully saturated rings. The third-order valence-electron chi connectivity index (χ3n) is 6.89. The van der Waals surface area contributed by atoms with Gasteiger partial charge in [0.2, 0.25) is 0 Å². The largest absolute Gasteiger partial charge is 0.252 e. The summed E-state index contributed by atoms with van der Waals surface area (Å²) >= 11 is 4.61. The molecule has 1 aromatic heterocycles. The molecule has 0 saturated carbocycles. The van der Waals surface area contributed by atoms with Crippen molar-refractivity contribution >= 4 is 56.0 Å². The minimum absolute atomic E-state index is 0.256. The molecular formula is C30H41I2N3OS. The van der Waals surface area contributed by atoms with Crippen LogP contribution in [0, 0.1) is 7.14 Å². The van der Waals surface area contributed by atoms with Crippen LogP contribution >= 0.6 is 45.2 Å². The second-order valence-electron chi connectivity index (χ2n) is 9.90. The van der Waals surface area contributed by atoms with Gasteiger partial charge in [-0.25, -0.2) is 9.19 Å². The Morgan fingerprint density at radius 2 is 1.43 bits per heavy atom. The zero-order valence-electron chi connectivity index (χ0n) is 22.1. The lowest BCUT2D eigenvalue weighted by Crippen LogP contribution is -2.13. The fourth-order valence-corrected chi connectivity index (χ4v) is 8.61. The number of nitrogens with zero attached hydrogens (tertiary/aromatic N) is 3. The van der Waals surface area contributed by atoms with E-state index in [1.54, 1.807) is 12.7 Å². The molecule has 37 heavy (non-hydrogen) atoms. The van der Waals surface area contributed by atoms with Gasteiger partial charge in [-0.3, -0.25) is 4.68 Å². The molecule has 0 aliphatic rings. The zero-order valence-corrected chi connectivity index (χ0v) is 27.2. The van der Waals surface area contributed by atoms with Gasteiger partial charge in [-0.1, -0.05) is 102 Å². The maximum absolute atomic E-state index is 13.7. The van der Waals surface area contributed by atoms with Gasteiger partial charge in [0.1, 0.15) is 12.7 Å². The molecule has 202 valence electrons. The maximum atomic E-state index is 13.7. The lowest BCUT2D eigenvalue weighted by Gasteiger charge is -2.20. The summed E-state index contributed by atoms with van der Waals surface area (Å²) in [6.45, 7) is 3.04. The molecule has 0 saturated heterocycles. The number of benzene rings is 2. The first-order valence-electron chi connectivity index (χ1n) is 13.9. The van der Waals surface area contributed by atoms with Gasteiger partial charge in [0.05, 0.1) is 10.8 Å². The van der Waals surface area contributed by atoms with E-state index in [9.17, 15) is 4.21 Å². The first-order chi connectivity index (χ1) is 18.1. The molecular weight excluding hydrogens is 704 g/mol. The molecule has 2 unspecified atom stereocenters. The topological polar surface area (TPSA) is 47.8 Å². The summed E-state index contributed by atoms with van der Waals surface area (Å²) < 4.78 is 17.9. The number of rotatable bonds is 18. The van der Waals surface area contributed by atoms with Crippen LogP contribution in [0.25, 0.3) is 0 Å². The van der Waals surface area contributed by atoms with Crippen molar-refractivity contribution in [3.8, 4) is 0 Å². The number of aromatic nitrogens is 3. The van der Waals surface area contributed by atoms with Crippen molar-refractivity contribution < 1.29 is 4.21 Å². The summed E-state index contributed by atoms with van der Waals surface area (Å²) in [5, 5.41) is 4.37. The van der Waals surface area contributed by atoms with E-state index in [-0.39, 0.29) is 5.92 Å². The van der Waals surface area contributed by atoms with Crippen LogP contribution in [0.5, 0.6) is 0 Å². The van der Waals surface area contributed by atoms with Crippen LogP contribution in [-0.4, -0.2) is 19.0 Å². The van der Waals surface area contributed by atoms with Crippen molar-refractivity contribution in [1.82, 2.24) is 14.8 Å². The Balaban J connectivity index is 1.56. The van der Waals surface area contributed by atoms with Gasteiger partial charge < -0.3 is 0 Å². The molecule has 1 heterocycles. The molecule has 0 bridgehead atoms. The molecule has 3 rings (SSSR count). The van der Waals surface area contributed by atoms with Gasteiger partial charge in [0.25, 0.3) is 0 Å². The Bertz CT molecular complexity index is 1050. The van der Waals surface area contributed by atoms with Crippen LogP contribution in [0.3, 0.4) is 0 Å². The van der Waals surface area contributed by atoms with Crippen LogP contribution in [0.15, 0.2) is 64.9 Å². The molecule has 0 aliphatic heterocycles. The molecule has 7 heteroatoms. The van der Waals surface area contributed by atoms with E-state index >= 15 is 0 Å². The first-order valence-corrected chi connectivity index (χ1v) is 17.2. The van der Waals surface area contributed by atoms with E-state index in [1.807, 2.05) is 28.9 Å². The highest BCUT2D eigenvalue weighted by Crippen LogP contribution is 2.32. The Labute approximate surface area is 253 Å². The molecule has 3 aromatic rings. The van der Waals surface area contributed by atoms with Crippen molar-refractivity contribution in [2.45, 2.75) is 113 Å². The van der Waals surface area contributed by atoms with Crippen molar-refractivity contribution in [3.05, 3.63) is 67.8 Å². The number of hydrogen-bond donors (Lipinski definition) is 0. The SMILES string of the molecule is CCCCCCCCCCCCCCC(Cn1cncn1)c1ccccc1S(=O)c1cc(I)cc(I)c1. The molecule has 0 aliphatic carbocycles. The predicted molar refractivity (Wildman–Crippen MR) is 171 cm³/mol. The summed E-state index contributed by atoms with van der Waals surface area (Å²) in [5.74, 6) is 0.256. The van der Waals surface area contributed by atoms with Crippen LogP contribution in [-0.2, 0) is 17.3 Å². The van der Waals surface area contributed by atoms with Gasteiger partial charge in [0, 0.05) is 29.4 Å². The standard InChI is InChI=1S/C30H41I2N3OS/c1-2-3-4-5-6-7-8-9-10-11-12-13-16-25(22-35-24-33-23-34-35)29-17-14-15-18-30(29)37(36)28-20-26(31)19-27(32)21-28/h14-15,17-21,23-25H,2-13,16,22H2,1H3. The van der Waals surface area contributed by atoms with Gasteiger partial charge in [-0.05, 0) is 81.4 Å². The first kappa shape index (κ1) is 30.7. The molecule has 0 N–H and O–H groups in total. The second-order valence-corrected chi connectivity index (χ2v) is 13.8. The third-order valence-corrected chi connectivity index (χ3v) is 9.57. The molecule has 0 radical (unpaired) electrons. The predicted octanol–water partition coefficient (Wildman–Crippen LogP) is 9.53. The molecule has 2 atom stereocenters. The molecule has 2 aromatic carbocycles. The van der Waals surface area contributed by atoms with Gasteiger partial charge in [-0.2, -0.15) is 5.10 Å². The highest BCUT2D eigenvalue weighted by Gasteiger charge is 2.20. The fraction of sp³-hybridized carbons (Fsp3) is 0.533. The lowest BCUT2D eigenvalue weighted by molar-refractivity contribution is 0.456. The van der Waals surface area contributed by atoms with Crippen LogP contribution < -0.4 is 0 Å². The highest BCUT2D eigenvalue weighted by atomic mass is 127. The number of unbranched alkanes of at least 4 members (excludes halogenated alkanes) is 11. The summed E-state index contributed by atoms with van der Waals surface area (Å²) in [7, 11) is -1.22. The van der Waals surface area contributed by atoms with Gasteiger partial charge in [-0.15, -0.1) is 0 Å². The van der Waals surface area contributed by atoms with Crippen molar-refractivity contribution in [3.63, 3.8) is 0 Å².